The fraction of sp³-hybridized carbons (Fsp3) is 0.458. The maximum Gasteiger partial charge on any atom is 0.419 e. The van der Waals surface area contributed by atoms with Gasteiger partial charge in [-0.15, -0.1) is 0 Å². The highest BCUT2D eigenvalue weighted by Crippen LogP contribution is 2.37. The quantitative estimate of drug-likeness (QED) is 0.529. The Morgan fingerprint density at radius 1 is 1.08 bits per heavy atom. The Labute approximate surface area is 215 Å². The van der Waals surface area contributed by atoms with Gasteiger partial charge in [0.2, 0.25) is 5.79 Å². The van der Waals surface area contributed by atoms with Gasteiger partial charge in [-0.1, -0.05) is 0 Å². The van der Waals surface area contributed by atoms with Crippen LogP contribution in [0.25, 0.3) is 0 Å². The van der Waals surface area contributed by atoms with E-state index in [0.29, 0.717) is 24.1 Å². The van der Waals surface area contributed by atoms with Crippen molar-refractivity contribution >= 4 is 17.5 Å². The second kappa shape index (κ2) is 10.3. The second-order valence-corrected chi connectivity index (χ2v) is 9.01. The van der Waals surface area contributed by atoms with Crippen molar-refractivity contribution in [2.24, 2.45) is 10.7 Å². The molecule has 0 saturated carbocycles. The number of ether oxygens (including phenoxy) is 1. The lowest BCUT2D eigenvalue weighted by atomic mass is 10.0. The molecular weight excluding hydrogens is 516 g/mol. The topological polar surface area (TPSA) is 91.9 Å². The van der Waals surface area contributed by atoms with E-state index in [1.54, 1.807) is 16.7 Å². The van der Waals surface area contributed by atoms with Gasteiger partial charge in [-0.2, -0.15) is 26.3 Å². The number of hydrogen-bond acceptors (Lipinski definition) is 8. The highest BCUT2D eigenvalue weighted by atomic mass is 19.4. The van der Waals surface area contributed by atoms with E-state index in [1.807, 2.05) is 0 Å². The van der Waals surface area contributed by atoms with Crippen LogP contribution in [-0.2, 0) is 17.1 Å². The average Bonchev–Trinajstić information content (AvgIpc) is 3.06. The Morgan fingerprint density at radius 3 is 2.45 bits per heavy atom. The molecule has 14 heteroatoms. The van der Waals surface area contributed by atoms with Gasteiger partial charge in [-0.3, -0.25) is 0 Å². The summed E-state index contributed by atoms with van der Waals surface area (Å²) in [5, 5.41) is 3.32. The van der Waals surface area contributed by atoms with Gasteiger partial charge >= 0.3 is 12.4 Å². The minimum absolute atomic E-state index is 0.159. The number of aromatic nitrogens is 2. The summed E-state index contributed by atoms with van der Waals surface area (Å²) < 4.78 is 85.2. The van der Waals surface area contributed by atoms with Gasteiger partial charge in [0.15, 0.2) is 0 Å². The fourth-order valence-electron chi connectivity index (χ4n) is 4.60. The molecule has 0 bridgehead atoms. The van der Waals surface area contributed by atoms with Crippen molar-refractivity contribution < 1.29 is 31.1 Å². The van der Waals surface area contributed by atoms with Gasteiger partial charge in [0.1, 0.15) is 17.5 Å². The molecule has 2 aromatic rings. The standard InChI is InChI=1S/C24H27F6N7O/c1-22(37(12-13-38-2)19-6-5-15(14-33-19)23(25,26)27)34-18-8-11-36(10-7-16(18)20(31)35-22)21-17(24(28,29)30)4-3-9-32-21/h3-6,9,14,34H,7-8,10-13H2,1-2H3,(H2,31,35). The van der Waals surface area contributed by atoms with Crippen LogP contribution < -0.4 is 20.9 Å². The third kappa shape index (κ3) is 5.64. The van der Waals surface area contributed by atoms with Crippen molar-refractivity contribution in [3.63, 3.8) is 0 Å². The largest absolute Gasteiger partial charge is 0.419 e. The molecule has 0 aromatic carbocycles. The van der Waals surface area contributed by atoms with Gasteiger partial charge in [0.25, 0.3) is 0 Å². The molecule has 4 heterocycles. The van der Waals surface area contributed by atoms with Crippen LogP contribution in [0, 0.1) is 0 Å². The number of aliphatic imine (C=N–C) groups is 1. The number of alkyl halides is 6. The first-order chi connectivity index (χ1) is 17.8. The lowest BCUT2D eigenvalue weighted by Gasteiger charge is -2.43. The molecule has 3 N–H and O–H groups in total. The number of halogens is 6. The number of nitrogens with two attached hydrogens (primary N) is 1. The first-order valence-corrected chi connectivity index (χ1v) is 11.8. The summed E-state index contributed by atoms with van der Waals surface area (Å²) in [6, 6.07) is 4.42. The minimum atomic E-state index is -4.56. The number of amidine groups is 1. The number of methoxy groups -OCH3 is 1. The molecule has 1 atom stereocenters. The predicted molar refractivity (Wildman–Crippen MR) is 129 cm³/mol. The Balaban J connectivity index is 1.60. The maximum absolute atomic E-state index is 13.6. The van der Waals surface area contributed by atoms with Crippen LogP contribution in [0.4, 0.5) is 38.0 Å². The molecule has 206 valence electrons. The molecule has 0 fully saturated rings. The molecule has 0 saturated heterocycles. The predicted octanol–water partition coefficient (Wildman–Crippen LogP) is 4.16. The Kier molecular flexibility index (Phi) is 7.46. The lowest BCUT2D eigenvalue weighted by molar-refractivity contribution is -0.138. The van der Waals surface area contributed by atoms with Crippen LogP contribution in [-0.4, -0.2) is 54.9 Å². The highest BCUT2D eigenvalue weighted by Gasteiger charge is 2.40. The molecule has 2 aliphatic rings. The Hall–Kier alpha value is -3.55. The molecule has 38 heavy (non-hydrogen) atoms. The Morgan fingerprint density at radius 2 is 1.82 bits per heavy atom. The number of pyridine rings is 2. The molecule has 0 amide bonds. The molecule has 8 nitrogen and oxygen atoms in total. The van der Waals surface area contributed by atoms with Crippen molar-refractivity contribution in [2.45, 2.75) is 37.9 Å². The minimum Gasteiger partial charge on any atom is -0.384 e. The van der Waals surface area contributed by atoms with Crippen LogP contribution in [0.1, 0.15) is 30.9 Å². The molecule has 0 aliphatic carbocycles. The summed E-state index contributed by atoms with van der Waals surface area (Å²) in [5.41, 5.74) is 5.99. The summed E-state index contributed by atoms with van der Waals surface area (Å²) in [5.74, 6) is -1.00. The molecule has 4 rings (SSSR count). The van der Waals surface area contributed by atoms with Crippen molar-refractivity contribution in [2.75, 3.05) is 43.2 Å². The molecular formula is C24H27F6N7O. The van der Waals surface area contributed by atoms with Crippen molar-refractivity contribution in [1.29, 1.82) is 0 Å². The number of anilines is 2. The fourth-order valence-corrected chi connectivity index (χ4v) is 4.60. The normalized spacial score (nSPS) is 20.4. The van der Waals surface area contributed by atoms with E-state index in [2.05, 4.69) is 20.3 Å². The van der Waals surface area contributed by atoms with Crippen LogP contribution >= 0.6 is 0 Å². The number of nitrogens with zero attached hydrogens (tertiary/aromatic N) is 5. The summed E-state index contributed by atoms with van der Waals surface area (Å²) in [4.78, 5) is 15.8. The van der Waals surface area contributed by atoms with Gasteiger partial charge in [0.05, 0.1) is 17.7 Å². The van der Waals surface area contributed by atoms with Gasteiger partial charge in [0, 0.05) is 56.8 Å². The summed E-state index contributed by atoms with van der Waals surface area (Å²) >= 11 is 0. The van der Waals surface area contributed by atoms with E-state index in [-0.39, 0.29) is 43.7 Å². The summed E-state index contributed by atoms with van der Waals surface area (Å²) in [6.45, 7) is 2.59. The van der Waals surface area contributed by atoms with Gasteiger partial charge in [-0.05, 0) is 37.6 Å². The van der Waals surface area contributed by atoms with Crippen molar-refractivity contribution in [3.8, 4) is 0 Å². The molecule has 0 spiro atoms. The maximum atomic E-state index is 13.6. The zero-order valence-electron chi connectivity index (χ0n) is 20.7. The average molecular weight is 544 g/mol. The zero-order chi connectivity index (χ0) is 27.7. The number of rotatable bonds is 6. The number of nitrogens with one attached hydrogen (secondary N) is 1. The molecule has 2 aliphatic heterocycles. The first kappa shape index (κ1) is 27.5. The molecule has 2 aromatic heterocycles. The van der Waals surface area contributed by atoms with Gasteiger partial charge in [-0.25, -0.2) is 15.0 Å². The van der Waals surface area contributed by atoms with Crippen LogP contribution in [0.5, 0.6) is 0 Å². The molecule has 1 unspecified atom stereocenters. The summed E-state index contributed by atoms with van der Waals surface area (Å²) in [6.07, 6.45) is -6.40. The van der Waals surface area contributed by atoms with E-state index in [0.717, 1.165) is 18.3 Å². The van der Waals surface area contributed by atoms with Crippen LogP contribution in [0.2, 0.25) is 0 Å². The van der Waals surface area contributed by atoms with Gasteiger partial charge < -0.3 is 25.6 Å². The first-order valence-electron chi connectivity index (χ1n) is 11.8. The number of hydrogen-bond donors (Lipinski definition) is 2. The van der Waals surface area contributed by atoms with Crippen LogP contribution in [0.15, 0.2) is 52.9 Å². The monoisotopic (exact) mass is 543 g/mol. The SMILES string of the molecule is COCCN(c1ccc(C(F)(F)F)cn1)C1(C)N=C(N)C2=C(CCN(c3ncccc3C(F)(F)F)CC2)N1. The Bertz CT molecular complexity index is 1210. The van der Waals surface area contributed by atoms with Crippen molar-refractivity contribution in [1.82, 2.24) is 15.3 Å². The second-order valence-electron chi connectivity index (χ2n) is 9.01. The van der Waals surface area contributed by atoms with E-state index in [9.17, 15) is 26.3 Å². The lowest BCUT2D eigenvalue weighted by Crippen LogP contribution is -2.59. The van der Waals surface area contributed by atoms with E-state index < -0.39 is 29.3 Å². The van der Waals surface area contributed by atoms with Crippen LogP contribution in [0.3, 0.4) is 0 Å². The van der Waals surface area contributed by atoms with E-state index >= 15 is 0 Å². The smallest absolute Gasteiger partial charge is 0.384 e. The third-order valence-electron chi connectivity index (χ3n) is 6.45. The van der Waals surface area contributed by atoms with E-state index in [1.165, 1.54) is 25.4 Å². The summed E-state index contributed by atoms with van der Waals surface area (Å²) in [7, 11) is 1.49. The molecule has 0 radical (unpaired) electrons. The zero-order valence-corrected chi connectivity index (χ0v) is 20.7. The third-order valence-corrected chi connectivity index (χ3v) is 6.45. The van der Waals surface area contributed by atoms with Crippen molar-refractivity contribution in [3.05, 3.63) is 59.1 Å². The van der Waals surface area contributed by atoms with E-state index in [4.69, 9.17) is 10.5 Å². The highest BCUT2D eigenvalue weighted by molar-refractivity contribution is 5.99.